The quantitative estimate of drug-likeness (QED) is 0.806. The summed E-state index contributed by atoms with van der Waals surface area (Å²) in [4.78, 5) is 3.99. The predicted molar refractivity (Wildman–Crippen MR) is 54.4 cm³/mol. The van der Waals surface area contributed by atoms with Gasteiger partial charge in [-0.2, -0.15) is 0 Å². The summed E-state index contributed by atoms with van der Waals surface area (Å²) >= 11 is 0. The van der Waals surface area contributed by atoms with Crippen LogP contribution in [0.5, 0.6) is 0 Å². The number of oxazole rings is 1. The van der Waals surface area contributed by atoms with Gasteiger partial charge in [-0.25, -0.2) is 4.98 Å². The Morgan fingerprint density at radius 2 is 2.27 bits per heavy atom. The third kappa shape index (κ3) is 1.20. The van der Waals surface area contributed by atoms with Crippen LogP contribution in [0.15, 0.2) is 35.1 Å². The molecule has 0 saturated carbocycles. The SMILES string of the molecule is OCc1ncoc1C1Cc2ccccc21. The van der Waals surface area contributed by atoms with Crippen LogP contribution in [0, 0.1) is 0 Å². The summed E-state index contributed by atoms with van der Waals surface area (Å²) in [7, 11) is 0. The molecular formula is C12H11NO2. The number of hydrogen-bond acceptors (Lipinski definition) is 3. The summed E-state index contributed by atoms with van der Waals surface area (Å²) in [6.45, 7) is -0.0511. The molecule has 0 amide bonds. The second-order valence-electron chi connectivity index (χ2n) is 3.78. The normalized spacial score (nSPS) is 18.3. The lowest BCUT2D eigenvalue weighted by Gasteiger charge is -2.28. The van der Waals surface area contributed by atoms with Crippen molar-refractivity contribution in [2.45, 2.75) is 18.9 Å². The summed E-state index contributed by atoms with van der Waals surface area (Å²) < 4.78 is 5.35. The van der Waals surface area contributed by atoms with Crippen LogP contribution in [0.4, 0.5) is 0 Å². The van der Waals surface area contributed by atoms with E-state index in [-0.39, 0.29) is 12.5 Å². The van der Waals surface area contributed by atoms with Crippen LogP contribution in [-0.4, -0.2) is 10.1 Å². The maximum atomic E-state index is 9.10. The topological polar surface area (TPSA) is 46.3 Å². The Morgan fingerprint density at radius 3 is 3.07 bits per heavy atom. The molecule has 1 N–H and O–H groups in total. The molecule has 1 aromatic heterocycles. The molecular weight excluding hydrogens is 190 g/mol. The first-order valence-electron chi connectivity index (χ1n) is 5.01. The van der Waals surface area contributed by atoms with Crippen molar-refractivity contribution in [3.63, 3.8) is 0 Å². The molecule has 1 aromatic carbocycles. The number of fused-ring (bicyclic) bond motifs is 1. The van der Waals surface area contributed by atoms with Gasteiger partial charge in [-0.1, -0.05) is 24.3 Å². The lowest BCUT2D eigenvalue weighted by Crippen LogP contribution is -2.18. The number of aliphatic hydroxyl groups excluding tert-OH is 1. The number of nitrogens with zero attached hydrogens (tertiary/aromatic N) is 1. The van der Waals surface area contributed by atoms with Crippen molar-refractivity contribution in [3.05, 3.63) is 53.2 Å². The van der Waals surface area contributed by atoms with Crippen LogP contribution in [0.2, 0.25) is 0 Å². The zero-order valence-electron chi connectivity index (χ0n) is 8.18. The predicted octanol–water partition coefficient (Wildman–Crippen LogP) is 1.85. The van der Waals surface area contributed by atoms with Crippen LogP contribution in [0.1, 0.15) is 28.5 Å². The molecule has 0 spiro atoms. The van der Waals surface area contributed by atoms with Gasteiger partial charge in [0.2, 0.25) is 0 Å². The van der Waals surface area contributed by atoms with Gasteiger partial charge in [-0.3, -0.25) is 0 Å². The molecule has 1 heterocycles. The highest BCUT2D eigenvalue weighted by Gasteiger charge is 2.31. The second kappa shape index (κ2) is 3.21. The Bertz CT molecular complexity index is 490. The molecule has 15 heavy (non-hydrogen) atoms. The Kier molecular flexibility index (Phi) is 1.86. The minimum atomic E-state index is -0.0511. The largest absolute Gasteiger partial charge is 0.447 e. The minimum Gasteiger partial charge on any atom is -0.447 e. The fourth-order valence-corrected chi connectivity index (χ4v) is 2.17. The summed E-state index contributed by atoms with van der Waals surface area (Å²) in [6.07, 6.45) is 2.39. The highest BCUT2D eigenvalue weighted by molar-refractivity contribution is 5.45. The number of aromatic nitrogens is 1. The van der Waals surface area contributed by atoms with E-state index in [2.05, 4.69) is 17.1 Å². The van der Waals surface area contributed by atoms with Gasteiger partial charge in [0.15, 0.2) is 6.39 Å². The molecule has 0 radical (unpaired) electrons. The van der Waals surface area contributed by atoms with Gasteiger partial charge in [0.1, 0.15) is 11.5 Å². The highest BCUT2D eigenvalue weighted by atomic mass is 16.3. The number of hydrogen-bond donors (Lipinski definition) is 1. The molecule has 0 aliphatic heterocycles. The van der Waals surface area contributed by atoms with Crippen molar-refractivity contribution in [3.8, 4) is 0 Å². The molecule has 3 nitrogen and oxygen atoms in total. The maximum Gasteiger partial charge on any atom is 0.181 e. The fraction of sp³-hybridized carbons (Fsp3) is 0.250. The number of aliphatic hydroxyl groups is 1. The van der Waals surface area contributed by atoms with Gasteiger partial charge in [0.25, 0.3) is 0 Å². The molecule has 3 heteroatoms. The van der Waals surface area contributed by atoms with Gasteiger partial charge < -0.3 is 9.52 Å². The summed E-state index contributed by atoms with van der Waals surface area (Å²) in [6, 6.07) is 8.30. The lowest BCUT2D eigenvalue weighted by molar-refractivity contribution is 0.273. The van der Waals surface area contributed by atoms with E-state index in [1.165, 1.54) is 17.5 Å². The first-order valence-corrected chi connectivity index (χ1v) is 5.01. The van der Waals surface area contributed by atoms with E-state index in [0.29, 0.717) is 5.69 Å². The lowest BCUT2D eigenvalue weighted by atomic mass is 9.76. The maximum absolute atomic E-state index is 9.10. The minimum absolute atomic E-state index is 0.0511. The molecule has 76 valence electrons. The van der Waals surface area contributed by atoms with E-state index in [9.17, 15) is 0 Å². The molecule has 1 atom stereocenters. The van der Waals surface area contributed by atoms with E-state index in [4.69, 9.17) is 9.52 Å². The van der Waals surface area contributed by atoms with Gasteiger partial charge in [0.05, 0.1) is 6.61 Å². The Labute approximate surface area is 87.4 Å². The van der Waals surface area contributed by atoms with E-state index < -0.39 is 0 Å². The van der Waals surface area contributed by atoms with Crippen molar-refractivity contribution >= 4 is 0 Å². The summed E-state index contributed by atoms with van der Waals surface area (Å²) in [5, 5.41) is 9.10. The Balaban J connectivity index is 2.00. The van der Waals surface area contributed by atoms with Crippen LogP contribution in [0.3, 0.4) is 0 Å². The van der Waals surface area contributed by atoms with Gasteiger partial charge >= 0.3 is 0 Å². The monoisotopic (exact) mass is 201 g/mol. The first-order chi connectivity index (χ1) is 7.40. The molecule has 1 unspecified atom stereocenters. The molecule has 0 bridgehead atoms. The van der Waals surface area contributed by atoms with Crippen molar-refractivity contribution in [1.82, 2.24) is 4.98 Å². The zero-order chi connectivity index (χ0) is 10.3. The van der Waals surface area contributed by atoms with Crippen LogP contribution in [0.25, 0.3) is 0 Å². The zero-order valence-corrected chi connectivity index (χ0v) is 8.18. The first kappa shape index (κ1) is 8.68. The van der Waals surface area contributed by atoms with Crippen LogP contribution >= 0.6 is 0 Å². The van der Waals surface area contributed by atoms with E-state index >= 15 is 0 Å². The van der Waals surface area contributed by atoms with Crippen LogP contribution in [-0.2, 0) is 13.0 Å². The van der Waals surface area contributed by atoms with Crippen molar-refractivity contribution in [2.75, 3.05) is 0 Å². The molecule has 1 aliphatic rings. The molecule has 2 aromatic rings. The van der Waals surface area contributed by atoms with Crippen molar-refractivity contribution in [1.29, 1.82) is 0 Å². The summed E-state index contributed by atoms with van der Waals surface area (Å²) in [5.74, 6) is 1.10. The standard InChI is InChI=1S/C12H11NO2/c14-6-11-12(15-7-13-11)10-5-8-3-1-2-4-9(8)10/h1-4,7,10,14H,5-6H2. The summed E-state index contributed by atoms with van der Waals surface area (Å²) in [5.41, 5.74) is 3.32. The average molecular weight is 201 g/mol. The van der Waals surface area contributed by atoms with Gasteiger partial charge in [0, 0.05) is 5.92 Å². The highest BCUT2D eigenvalue weighted by Crippen LogP contribution is 2.40. The third-order valence-electron chi connectivity index (χ3n) is 2.99. The van der Waals surface area contributed by atoms with E-state index in [1.807, 2.05) is 12.1 Å². The van der Waals surface area contributed by atoms with Crippen molar-refractivity contribution < 1.29 is 9.52 Å². The average Bonchev–Trinajstić information content (AvgIpc) is 2.68. The fourth-order valence-electron chi connectivity index (χ4n) is 2.17. The molecule has 0 fully saturated rings. The van der Waals surface area contributed by atoms with E-state index in [1.54, 1.807) is 0 Å². The number of rotatable bonds is 2. The molecule has 0 saturated heterocycles. The molecule has 1 aliphatic carbocycles. The smallest absolute Gasteiger partial charge is 0.181 e. The van der Waals surface area contributed by atoms with Gasteiger partial charge in [-0.15, -0.1) is 0 Å². The van der Waals surface area contributed by atoms with Gasteiger partial charge in [-0.05, 0) is 17.5 Å². The number of benzene rings is 1. The van der Waals surface area contributed by atoms with E-state index in [0.717, 1.165) is 12.2 Å². The van der Waals surface area contributed by atoms with Crippen molar-refractivity contribution in [2.24, 2.45) is 0 Å². The third-order valence-corrected chi connectivity index (χ3v) is 2.99. The van der Waals surface area contributed by atoms with Crippen LogP contribution < -0.4 is 0 Å². The molecule has 3 rings (SSSR count). The Hall–Kier alpha value is -1.61. The second-order valence-corrected chi connectivity index (χ2v) is 3.78. The Morgan fingerprint density at radius 1 is 1.40 bits per heavy atom.